The standard InChI is InChI=1S/C23H34N6OS/c1-4-24-22(27-18-23(2,3)19-8-7-17-31-19)26-12-10-21(30)29-15-13-28(14-16-29)20-9-5-6-11-25-20/h5-9,11,17H,4,10,12-16,18H2,1-3H3,(H2,24,26,27). The third-order valence-electron chi connectivity index (χ3n) is 5.40. The van der Waals surface area contributed by atoms with Gasteiger partial charge in [-0.2, -0.15) is 0 Å². The third-order valence-corrected chi connectivity index (χ3v) is 6.64. The Labute approximate surface area is 189 Å². The minimum atomic E-state index is -0.0143. The molecule has 0 atom stereocenters. The van der Waals surface area contributed by atoms with Crippen molar-refractivity contribution in [2.45, 2.75) is 32.6 Å². The Morgan fingerprint density at radius 1 is 1.16 bits per heavy atom. The number of carbonyl (C=O) groups excluding carboxylic acids is 1. The zero-order valence-corrected chi connectivity index (χ0v) is 19.6. The molecule has 0 aliphatic carbocycles. The molecule has 2 aromatic heterocycles. The second-order valence-electron chi connectivity index (χ2n) is 8.29. The van der Waals surface area contributed by atoms with E-state index in [-0.39, 0.29) is 11.3 Å². The first-order valence-electron chi connectivity index (χ1n) is 11.0. The summed E-state index contributed by atoms with van der Waals surface area (Å²) in [6.07, 6.45) is 2.27. The lowest BCUT2D eigenvalue weighted by molar-refractivity contribution is -0.131. The molecule has 0 radical (unpaired) electrons. The van der Waals surface area contributed by atoms with Gasteiger partial charge in [-0.15, -0.1) is 11.3 Å². The van der Waals surface area contributed by atoms with Gasteiger partial charge in [-0.1, -0.05) is 26.0 Å². The fourth-order valence-corrected chi connectivity index (χ4v) is 4.38. The SMILES string of the molecule is CCNC(=NCC(C)(C)c1cccs1)NCCC(=O)N1CCN(c2ccccn2)CC1. The molecule has 2 N–H and O–H groups in total. The molecule has 31 heavy (non-hydrogen) atoms. The number of amides is 1. The van der Waals surface area contributed by atoms with Crippen LogP contribution in [0.3, 0.4) is 0 Å². The summed E-state index contributed by atoms with van der Waals surface area (Å²) in [6, 6.07) is 10.2. The first kappa shape index (κ1) is 23.1. The average Bonchev–Trinajstić information content (AvgIpc) is 3.34. The van der Waals surface area contributed by atoms with Crippen molar-refractivity contribution in [3.63, 3.8) is 0 Å². The van der Waals surface area contributed by atoms with Gasteiger partial charge in [0.2, 0.25) is 5.91 Å². The summed E-state index contributed by atoms with van der Waals surface area (Å²) in [5.41, 5.74) is -0.0143. The van der Waals surface area contributed by atoms with Crippen molar-refractivity contribution in [2.24, 2.45) is 4.99 Å². The summed E-state index contributed by atoms with van der Waals surface area (Å²) in [5, 5.41) is 8.70. The molecule has 3 rings (SSSR count). The predicted octanol–water partition coefficient (Wildman–Crippen LogP) is 2.71. The van der Waals surface area contributed by atoms with Crippen LogP contribution in [0, 0.1) is 0 Å². The van der Waals surface area contributed by atoms with Gasteiger partial charge >= 0.3 is 0 Å². The quantitative estimate of drug-likeness (QED) is 0.486. The highest BCUT2D eigenvalue weighted by Gasteiger charge is 2.23. The molecule has 0 spiro atoms. The topological polar surface area (TPSA) is 72.9 Å². The molecule has 168 valence electrons. The lowest BCUT2D eigenvalue weighted by Gasteiger charge is -2.35. The highest BCUT2D eigenvalue weighted by molar-refractivity contribution is 7.10. The van der Waals surface area contributed by atoms with E-state index in [0.29, 0.717) is 19.5 Å². The number of hydrogen-bond acceptors (Lipinski definition) is 5. The van der Waals surface area contributed by atoms with Crippen LogP contribution >= 0.6 is 11.3 Å². The Morgan fingerprint density at radius 3 is 2.61 bits per heavy atom. The molecule has 2 aromatic rings. The summed E-state index contributed by atoms with van der Waals surface area (Å²) < 4.78 is 0. The second-order valence-corrected chi connectivity index (χ2v) is 9.24. The van der Waals surface area contributed by atoms with E-state index in [1.54, 1.807) is 11.3 Å². The molecule has 0 unspecified atom stereocenters. The molecule has 1 aliphatic heterocycles. The van der Waals surface area contributed by atoms with Crippen molar-refractivity contribution in [1.29, 1.82) is 0 Å². The molecule has 1 fully saturated rings. The predicted molar refractivity (Wildman–Crippen MR) is 129 cm³/mol. The molecule has 3 heterocycles. The highest BCUT2D eigenvalue weighted by atomic mass is 32.1. The molecule has 1 aliphatic rings. The molecule has 1 saturated heterocycles. The number of guanidine groups is 1. The van der Waals surface area contributed by atoms with Gasteiger partial charge in [0.15, 0.2) is 5.96 Å². The number of carbonyl (C=O) groups is 1. The van der Waals surface area contributed by atoms with E-state index in [4.69, 9.17) is 4.99 Å². The first-order valence-corrected chi connectivity index (χ1v) is 11.9. The van der Waals surface area contributed by atoms with Crippen molar-refractivity contribution < 1.29 is 4.79 Å². The molecular weight excluding hydrogens is 408 g/mol. The molecule has 7 nitrogen and oxygen atoms in total. The van der Waals surface area contributed by atoms with E-state index in [2.05, 4.69) is 51.9 Å². The zero-order valence-electron chi connectivity index (χ0n) is 18.8. The minimum absolute atomic E-state index is 0.0143. The molecular formula is C23H34N6OS. The van der Waals surface area contributed by atoms with Crippen molar-refractivity contribution >= 4 is 29.0 Å². The van der Waals surface area contributed by atoms with Gasteiger partial charge in [-0.25, -0.2) is 4.98 Å². The van der Waals surface area contributed by atoms with Crippen molar-refractivity contribution in [3.05, 3.63) is 46.8 Å². The van der Waals surface area contributed by atoms with Gasteiger partial charge in [0, 0.05) is 62.2 Å². The second kappa shape index (κ2) is 11.1. The van der Waals surface area contributed by atoms with Gasteiger partial charge in [-0.3, -0.25) is 9.79 Å². The van der Waals surface area contributed by atoms with Crippen molar-refractivity contribution in [3.8, 4) is 0 Å². The van der Waals surface area contributed by atoms with Gasteiger partial charge in [0.25, 0.3) is 0 Å². The van der Waals surface area contributed by atoms with Gasteiger partial charge in [0.05, 0.1) is 6.54 Å². The van der Waals surface area contributed by atoms with E-state index in [1.807, 2.05) is 36.2 Å². The average molecular weight is 443 g/mol. The van der Waals surface area contributed by atoms with E-state index in [1.165, 1.54) is 4.88 Å². The van der Waals surface area contributed by atoms with Crippen LogP contribution < -0.4 is 15.5 Å². The van der Waals surface area contributed by atoms with Gasteiger partial charge in [0.1, 0.15) is 5.82 Å². The Hall–Kier alpha value is -2.61. The highest BCUT2D eigenvalue weighted by Crippen LogP contribution is 2.27. The Kier molecular flexibility index (Phi) is 8.28. The third kappa shape index (κ3) is 6.69. The van der Waals surface area contributed by atoms with Gasteiger partial charge in [-0.05, 0) is 30.5 Å². The number of aliphatic imine (C=N–C) groups is 1. The van der Waals surface area contributed by atoms with Crippen LogP contribution in [0.5, 0.6) is 0 Å². The first-order chi connectivity index (χ1) is 15.0. The molecule has 1 amide bonds. The lowest BCUT2D eigenvalue weighted by atomic mass is 9.92. The van der Waals surface area contributed by atoms with E-state index < -0.39 is 0 Å². The Balaban J connectivity index is 1.43. The summed E-state index contributed by atoms with van der Waals surface area (Å²) >= 11 is 1.76. The van der Waals surface area contributed by atoms with Crippen LogP contribution in [0.15, 0.2) is 46.9 Å². The maximum absolute atomic E-state index is 12.6. The number of thiophene rings is 1. The summed E-state index contributed by atoms with van der Waals surface area (Å²) in [6.45, 7) is 11.6. The molecule has 0 aromatic carbocycles. The maximum atomic E-state index is 12.6. The number of hydrogen-bond donors (Lipinski definition) is 2. The van der Waals surface area contributed by atoms with Crippen molar-refractivity contribution in [1.82, 2.24) is 20.5 Å². The fraction of sp³-hybridized carbons (Fsp3) is 0.522. The Morgan fingerprint density at radius 2 is 1.97 bits per heavy atom. The fourth-order valence-electron chi connectivity index (χ4n) is 3.53. The monoisotopic (exact) mass is 442 g/mol. The normalized spacial score (nSPS) is 15.1. The number of nitrogens with zero attached hydrogens (tertiary/aromatic N) is 4. The lowest BCUT2D eigenvalue weighted by Crippen LogP contribution is -2.49. The van der Waals surface area contributed by atoms with E-state index in [9.17, 15) is 4.79 Å². The smallest absolute Gasteiger partial charge is 0.224 e. The molecule has 0 saturated carbocycles. The van der Waals surface area contributed by atoms with Crippen LogP contribution in [-0.4, -0.2) is 67.6 Å². The number of pyridine rings is 1. The Bertz CT molecular complexity index is 829. The number of piperazine rings is 1. The number of nitrogens with one attached hydrogen (secondary N) is 2. The maximum Gasteiger partial charge on any atom is 0.224 e. The number of anilines is 1. The largest absolute Gasteiger partial charge is 0.357 e. The van der Waals surface area contributed by atoms with Crippen LogP contribution in [0.1, 0.15) is 32.1 Å². The van der Waals surface area contributed by atoms with E-state index in [0.717, 1.165) is 44.5 Å². The van der Waals surface area contributed by atoms with E-state index >= 15 is 0 Å². The van der Waals surface area contributed by atoms with Crippen LogP contribution in [0.4, 0.5) is 5.82 Å². The van der Waals surface area contributed by atoms with Crippen LogP contribution in [0.2, 0.25) is 0 Å². The van der Waals surface area contributed by atoms with Crippen LogP contribution in [-0.2, 0) is 10.2 Å². The zero-order chi connectivity index (χ0) is 22.1. The van der Waals surface area contributed by atoms with Gasteiger partial charge < -0.3 is 20.4 Å². The molecule has 0 bridgehead atoms. The number of rotatable bonds is 8. The molecule has 8 heteroatoms. The summed E-state index contributed by atoms with van der Waals surface area (Å²) in [4.78, 5) is 27.3. The van der Waals surface area contributed by atoms with Crippen molar-refractivity contribution in [2.75, 3.05) is 50.7 Å². The summed E-state index contributed by atoms with van der Waals surface area (Å²) in [5.74, 6) is 1.93. The minimum Gasteiger partial charge on any atom is -0.357 e. The van der Waals surface area contributed by atoms with Crippen LogP contribution in [0.25, 0.3) is 0 Å². The summed E-state index contributed by atoms with van der Waals surface area (Å²) in [7, 11) is 0. The number of aromatic nitrogens is 1.